The molecule has 3 rings (SSSR count). The number of nitrogens with zero attached hydrogens (tertiary/aromatic N) is 1. The van der Waals surface area contributed by atoms with E-state index in [2.05, 4.69) is 16.8 Å². The molecule has 0 bridgehead atoms. The van der Waals surface area contributed by atoms with E-state index in [1.54, 1.807) is 12.1 Å². The van der Waals surface area contributed by atoms with Gasteiger partial charge in [0.15, 0.2) is 0 Å². The Morgan fingerprint density at radius 3 is 2.58 bits per heavy atom. The van der Waals surface area contributed by atoms with Crippen molar-refractivity contribution in [2.45, 2.75) is 38.0 Å². The van der Waals surface area contributed by atoms with Crippen molar-refractivity contribution in [2.24, 2.45) is 5.73 Å². The molecule has 0 radical (unpaired) electrons. The van der Waals surface area contributed by atoms with Gasteiger partial charge in [-0.15, -0.1) is 0 Å². The summed E-state index contributed by atoms with van der Waals surface area (Å²) in [4.78, 5) is 4.31. The van der Waals surface area contributed by atoms with Gasteiger partial charge in [0.25, 0.3) is 0 Å². The van der Waals surface area contributed by atoms with Gasteiger partial charge in [-0.3, -0.25) is 4.98 Å². The van der Waals surface area contributed by atoms with Crippen LogP contribution in [0, 0.1) is 5.82 Å². The van der Waals surface area contributed by atoms with Crippen LogP contribution in [0.15, 0.2) is 30.5 Å². The first-order valence-electron chi connectivity index (χ1n) is 6.96. The number of aromatic nitrogens is 1. The van der Waals surface area contributed by atoms with Gasteiger partial charge in [0.2, 0.25) is 0 Å². The first-order chi connectivity index (χ1) is 9.34. The summed E-state index contributed by atoms with van der Waals surface area (Å²) >= 11 is 0. The van der Waals surface area contributed by atoms with Crippen molar-refractivity contribution < 1.29 is 4.39 Å². The highest BCUT2D eigenvalue weighted by Crippen LogP contribution is 2.35. The van der Waals surface area contributed by atoms with Crippen LogP contribution in [-0.4, -0.2) is 12.0 Å². The van der Waals surface area contributed by atoms with Gasteiger partial charge in [0.1, 0.15) is 5.82 Å². The molecule has 19 heavy (non-hydrogen) atoms. The summed E-state index contributed by atoms with van der Waals surface area (Å²) in [5, 5.41) is 0.999. The number of nitrogens with two attached hydrogens (primary N) is 1. The Hall–Kier alpha value is -1.48. The lowest BCUT2D eigenvalue weighted by atomic mass is 9.83. The van der Waals surface area contributed by atoms with Crippen LogP contribution >= 0.6 is 0 Å². The molecule has 1 saturated carbocycles. The van der Waals surface area contributed by atoms with E-state index in [-0.39, 0.29) is 5.82 Å². The molecular formula is C16H21FN2. The molecule has 1 aromatic heterocycles. The maximum absolute atomic E-state index is 13.4. The van der Waals surface area contributed by atoms with E-state index >= 15 is 0 Å². The number of hydrogen-bond donors (Lipinski definition) is 1. The summed E-state index contributed by atoms with van der Waals surface area (Å²) in [5.74, 6) is 0.429. The van der Waals surface area contributed by atoms with Gasteiger partial charge >= 0.3 is 0 Å². The normalized spacial score (nSPS) is 15.9. The number of fused-ring (bicyclic) bond motifs is 1. The Bertz CT molecular complexity index is 533. The molecule has 1 aromatic carbocycles. The predicted molar refractivity (Wildman–Crippen MR) is 77.6 cm³/mol. The largest absolute Gasteiger partial charge is 0.333 e. The van der Waals surface area contributed by atoms with Crippen LogP contribution in [0.25, 0.3) is 10.9 Å². The molecule has 1 heterocycles. The Labute approximate surface area is 113 Å². The van der Waals surface area contributed by atoms with Gasteiger partial charge in [-0.2, -0.15) is 0 Å². The zero-order valence-corrected chi connectivity index (χ0v) is 11.4. The van der Waals surface area contributed by atoms with E-state index in [0.717, 1.165) is 10.9 Å². The molecule has 0 saturated heterocycles. The van der Waals surface area contributed by atoms with Crippen molar-refractivity contribution in [3.05, 3.63) is 41.8 Å². The van der Waals surface area contributed by atoms with Crippen molar-refractivity contribution in [3.63, 3.8) is 0 Å². The fourth-order valence-electron chi connectivity index (χ4n) is 2.91. The van der Waals surface area contributed by atoms with Crippen LogP contribution in [-0.2, 0) is 0 Å². The second-order valence-electron chi connectivity index (χ2n) is 4.90. The monoisotopic (exact) mass is 260 g/mol. The summed E-state index contributed by atoms with van der Waals surface area (Å²) < 4.78 is 13.4. The highest BCUT2D eigenvalue weighted by molar-refractivity contribution is 5.82. The second-order valence-corrected chi connectivity index (χ2v) is 4.90. The molecule has 0 aliphatic heterocycles. The van der Waals surface area contributed by atoms with E-state index < -0.39 is 0 Å². The van der Waals surface area contributed by atoms with Gasteiger partial charge in [0.05, 0.1) is 5.52 Å². The van der Waals surface area contributed by atoms with Gasteiger partial charge < -0.3 is 5.73 Å². The summed E-state index contributed by atoms with van der Waals surface area (Å²) in [6.45, 7) is 0. The quantitative estimate of drug-likeness (QED) is 0.841. The molecule has 1 fully saturated rings. The minimum absolute atomic E-state index is 0.164. The van der Waals surface area contributed by atoms with E-state index in [1.807, 2.05) is 6.20 Å². The fraction of sp³-hybridized carbons (Fsp3) is 0.438. The van der Waals surface area contributed by atoms with Crippen molar-refractivity contribution in [1.29, 1.82) is 0 Å². The van der Waals surface area contributed by atoms with Crippen molar-refractivity contribution in [2.75, 3.05) is 7.05 Å². The van der Waals surface area contributed by atoms with Crippen LogP contribution in [0.3, 0.4) is 0 Å². The summed E-state index contributed by atoms with van der Waals surface area (Å²) in [7, 11) is 1.50. The van der Waals surface area contributed by atoms with E-state index in [0.29, 0.717) is 5.92 Å². The molecule has 2 nitrogen and oxygen atoms in total. The highest BCUT2D eigenvalue weighted by Gasteiger charge is 2.17. The molecule has 0 amide bonds. The molecular weight excluding hydrogens is 239 g/mol. The Morgan fingerprint density at radius 2 is 1.84 bits per heavy atom. The number of benzene rings is 1. The molecule has 0 atom stereocenters. The summed E-state index contributed by atoms with van der Waals surface area (Å²) in [6.07, 6.45) is 8.25. The molecule has 2 N–H and O–H groups in total. The maximum Gasteiger partial charge on any atom is 0.123 e. The predicted octanol–water partition coefficient (Wildman–Crippen LogP) is 4.00. The van der Waals surface area contributed by atoms with E-state index in [9.17, 15) is 4.39 Å². The van der Waals surface area contributed by atoms with Gasteiger partial charge in [-0.25, -0.2) is 4.39 Å². The van der Waals surface area contributed by atoms with Gasteiger partial charge in [-0.05, 0) is 55.6 Å². The minimum Gasteiger partial charge on any atom is -0.333 e. The Morgan fingerprint density at radius 1 is 1.11 bits per heavy atom. The van der Waals surface area contributed by atoms with Crippen LogP contribution in [0.4, 0.5) is 4.39 Å². The molecule has 3 heteroatoms. The average Bonchev–Trinajstić information content (AvgIpc) is 2.49. The van der Waals surface area contributed by atoms with Crippen LogP contribution in [0.1, 0.15) is 43.6 Å². The average molecular weight is 260 g/mol. The number of halogens is 1. The minimum atomic E-state index is -0.164. The zero-order chi connectivity index (χ0) is 13.7. The lowest BCUT2D eigenvalue weighted by molar-refractivity contribution is 0.445. The zero-order valence-electron chi connectivity index (χ0n) is 11.4. The molecule has 0 unspecified atom stereocenters. The molecule has 1 aliphatic carbocycles. The highest BCUT2D eigenvalue weighted by atomic mass is 19.1. The lowest BCUT2D eigenvalue weighted by Crippen LogP contribution is -2.05. The fourth-order valence-corrected chi connectivity index (χ4v) is 2.91. The molecule has 0 spiro atoms. The third kappa shape index (κ3) is 3.10. The van der Waals surface area contributed by atoms with Gasteiger partial charge in [-0.1, -0.05) is 19.3 Å². The van der Waals surface area contributed by atoms with Crippen molar-refractivity contribution >= 4 is 10.9 Å². The molecule has 1 aliphatic rings. The standard InChI is InChI=1S/C15H16FN.CH5N/c16-12-6-7-15-14(10-12)13(8-9-17-15)11-4-2-1-3-5-11;1-2/h6-11H,1-5H2;2H2,1H3. The Balaban J connectivity index is 0.000000637. The Kier molecular flexibility index (Phi) is 4.86. The van der Waals surface area contributed by atoms with Crippen LogP contribution < -0.4 is 5.73 Å². The third-order valence-electron chi connectivity index (χ3n) is 3.78. The number of hydrogen-bond acceptors (Lipinski definition) is 2. The number of rotatable bonds is 1. The van der Waals surface area contributed by atoms with Crippen LogP contribution in [0.5, 0.6) is 0 Å². The van der Waals surface area contributed by atoms with E-state index in [1.165, 1.54) is 50.8 Å². The summed E-state index contributed by atoms with van der Waals surface area (Å²) in [5.41, 5.74) is 6.70. The van der Waals surface area contributed by atoms with Crippen molar-refractivity contribution in [1.82, 2.24) is 4.98 Å². The third-order valence-corrected chi connectivity index (χ3v) is 3.78. The summed E-state index contributed by atoms with van der Waals surface area (Å²) in [6, 6.07) is 6.96. The SMILES string of the molecule is CN.Fc1ccc2nccc(C3CCCCC3)c2c1. The van der Waals surface area contributed by atoms with Crippen LogP contribution in [0.2, 0.25) is 0 Å². The smallest absolute Gasteiger partial charge is 0.123 e. The lowest BCUT2D eigenvalue weighted by Gasteiger charge is -2.23. The first-order valence-corrected chi connectivity index (χ1v) is 6.96. The van der Waals surface area contributed by atoms with Crippen molar-refractivity contribution in [3.8, 4) is 0 Å². The topological polar surface area (TPSA) is 38.9 Å². The first kappa shape index (κ1) is 13.9. The maximum atomic E-state index is 13.4. The van der Waals surface area contributed by atoms with Gasteiger partial charge in [0, 0.05) is 11.6 Å². The second kappa shape index (κ2) is 6.62. The molecule has 102 valence electrons. The van der Waals surface area contributed by atoms with E-state index in [4.69, 9.17) is 0 Å². The number of pyridine rings is 1. The molecule has 2 aromatic rings.